The van der Waals surface area contributed by atoms with Crippen LogP contribution >= 0.6 is 162 Å². The number of nitrogens with zero attached hydrogens (tertiary/aromatic N) is 12. The summed E-state index contributed by atoms with van der Waals surface area (Å²) in [6.45, 7) is 47.4. The summed E-state index contributed by atoms with van der Waals surface area (Å²) in [5.74, 6) is 2.40. The lowest BCUT2D eigenvalue weighted by molar-refractivity contribution is 0.134. The Balaban J connectivity index is 0.000000193. The van der Waals surface area contributed by atoms with Gasteiger partial charge in [-0.05, 0) is 120 Å². The number of imidazole rings is 3. The number of hydrogen-bond donors (Lipinski definition) is 6. The van der Waals surface area contributed by atoms with Crippen molar-refractivity contribution in [1.82, 2.24) is 38.1 Å². The van der Waals surface area contributed by atoms with Gasteiger partial charge in [-0.1, -0.05) is 223 Å². The Morgan fingerprint density at radius 1 is 0.435 bits per heavy atom. The molecule has 0 fully saturated rings. The molecule has 1 unspecified atom stereocenters. The van der Waals surface area contributed by atoms with Crippen LogP contribution in [0.4, 0.5) is 45.8 Å². The van der Waals surface area contributed by atoms with E-state index in [4.69, 9.17) is 216 Å². The minimum Gasteiger partial charge on any atom is -0.390 e. The van der Waals surface area contributed by atoms with Gasteiger partial charge in [0, 0.05) is 184 Å². The molecule has 0 radical (unpaired) electrons. The first-order valence-corrected chi connectivity index (χ1v) is 40.2. The standard InChI is InChI=1S/C18H16Cl2N4.C18H20Cl2N4.C14H6Cl3N3.C12H6Cl3N3.C12H7Cl2N3.C4H8Cl2O.C4H11N/c1-11(2)9-23-17-16(21-3)14(10-24-7-6-22-18(17)24)13-5-4-12(19)8-15(13)20;1-11(2)9-23-17-14(8-21)15(10-24-6-5-22-18(17)24)13-4-3-12(19)7-16(13)20;1-18-13-10(9-3-2-8(15)6-11(9)16)7-20-5-4-19-14(20)12(13)17;1-17-11-8(5-18-12(16)10(11)15)7-3-2-6(13)4-9(7)14;1-16-11-5-12(15)17-6-9(11)8-3-2-7(13)4-10(8)14;1-2-7-4(6)3-5;1-4(2)3-5/h4-8,10-11,23H,9H2,1-2H3;3-7,10-11,23H,8-9,21H2,1-2H3;2-7H;2-5H,(H2,16,18);2-6H,(H2,15,17);4H,2-3H2,1H3;4H,3,5H2,1-2H3. The van der Waals surface area contributed by atoms with Crippen molar-refractivity contribution in [3.8, 4) is 55.6 Å². The molecule has 0 aliphatic rings. The van der Waals surface area contributed by atoms with Crippen LogP contribution in [0.3, 0.4) is 0 Å². The van der Waals surface area contributed by atoms with Crippen LogP contribution in [0.25, 0.3) is 92.0 Å². The second-order valence-corrected chi connectivity index (χ2v) is 31.4. The van der Waals surface area contributed by atoms with E-state index in [9.17, 15) is 0 Å². The number of benzene rings is 5. The molecule has 0 saturated heterocycles. The van der Waals surface area contributed by atoms with E-state index in [0.29, 0.717) is 148 Å². The van der Waals surface area contributed by atoms with Crippen LogP contribution in [0, 0.1) is 44.0 Å². The van der Waals surface area contributed by atoms with E-state index in [1.165, 1.54) is 18.5 Å². The van der Waals surface area contributed by atoms with Gasteiger partial charge in [0.1, 0.15) is 28.5 Å². The maximum Gasteiger partial charge on any atom is 0.222 e. The molecule has 10 N–H and O–H groups in total. The second kappa shape index (κ2) is 45.3. The topological polar surface area (TPSA) is 232 Å². The summed E-state index contributed by atoms with van der Waals surface area (Å²) in [5, 5.41) is 12.6. The van der Waals surface area contributed by atoms with Gasteiger partial charge in [-0.15, -0.1) is 11.6 Å². The molecule has 13 rings (SSSR count). The molecule has 0 amide bonds. The number of fused-ring (bicyclic) bond motifs is 3. The zero-order chi connectivity index (χ0) is 84.5. The molecular weight excluding hydrogens is 1750 g/mol. The number of ether oxygens (including phenoxy) is 1. The van der Waals surface area contributed by atoms with Gasteiger partial charge in [0.2, 0.25) is 17.1 Å². The number of nitrogens with two attached hydrogens (primary N) is 4. The second-order valence-electron chi connectivity index (χ2n) is 25.7. The quantitative estimate of drug-likeness (QED) is 0.0392. The van der Waals surface area contributed by atoms with Crippen molar-refractivity contribution in [3.05, 3.63) is 277 Å². The zero-order valence-corrected chi connectivity index (χ0v) is 73.1. The Kier molecular flexibility index (Phi) is 37.0. The molecule has 19 nitrogen and oxygen atoms in total. The minimum absolute atomic E-state index is 0.122. The summed E-state index contributed by atoms with van der Waals surface area (Å²) in [7, 11) is 0. The highest BCUT2D eigenvalue weighted by molar-refractivity contribution is 6.41. The Morgan fingerprint density at radius 2 is 0.800 bits per heavy atom. The van der Waals surface area contributed by atoms with Crippen LogP contribution in [0.1, 0.15) is 54.0 Å². The Labute approximate surface area is 737 Å². The Morgan fingerprint density at radius 3 is 1.18 bits per heavy atom. The first kappa shape index (κ1) is 93.7. The van der Waals surface area contributed by atoms with Gasteiger partial charge in [-0.3, -0.25) is 0 Å². The molecule has 0 bridgehead atoms. The van der Waals surface area contributed by atoms with E-state index in [1.807, 2.05) is 58.7 Å². The SMILES string of the molecule is CC(C)CN.CC(C)CNc1c(CN)c(-c2ccc(Cl)cc2Cl)cn2ccnc12.CCOC(Cl)CCl.[C-]#[N+]c1c(-c2ccc(Cl)cc2Cl)cn2ccnc2c1Cl.[C-]#[N+]c1c(-c2ccc(Cl)cc2Cl)cn2ccnc2c1NCC(C)C.[C-]#[N+]c1c(-c2ccc(Cl)cc2Cl)cnc(N)c1Cl.[C-]#[N+]c1cc(N)ncc1-c1ccc(Cl)cc1Cl. The summed E-state index contributed by atoms with van der Waals surface area (Å²) in [6, 6.07) is 27.5. The molecular formula is C82H74Cl14N18O. The van der Waals surface area contributed by atoms with E-state index in [-0.39, 0.29) is 22.1 Å². The minimum atomic E-state index is -0.313. The molecule has 8 aromatic heterocycles. The van der Waals surface area contributed by atoms with Gasteiger partial charge in [0.25, 0.3) is 0 Å². The number of pyridine rings is 5. The summed E-state index contributed by atoms with van der Waals surface area (Å²) in [5.41, 5.74) is 35.7. The highest BCUT2D eigenvalue weighted by atomic mass is 35.5. The predicted molar refractivity (Wildman–Crippen MR) is 486 cm³/mol. The van der Waals surface area contributed by atoms with Gasteiger partial charge in [-0.25, -0.2) is 44.3 Å². The molecule has 0 saturated carbocycles. The fourth-order valence-electron chi connectivity index (χ4n) is 10.5. The lowest BCUT2D eigenvalue weighted by Crippen LogP contribution is -2.14. The highest BCUT2D eigenvalue weighted by Gasteiger charge is 2.23. The van der Waals surface area contributed by atoms with E-state index in [0.717, 1.165) is 75.7 Å². The largest absolute Gasteiger partial charge is 0.390 e. The average Bonchev–Trinajstić information content (AvgIpc) is 1.72. The summed E-state index contributed by atoms with van der Waals surface area (Å²) < 4.78 is 10.5. The Hall–Kier alpha value is -8.43. The first-order chi connectivity index (χ1) is 54.9. The van der Waals surface area contributed by atoms with E-state index in [2.05, 4.69) is 96.5 Å². The number of rotatable bonds is 16. The number of halogens is 14. The third-order valence-electron chi connectivity index (χ3n) is 16.0. The molecule has 0 aliphatic carbocycles. The molecule has 33 heteroatoms. The van der Waals surface area contributed by atoms with Crippen molar-refractivity contribution in [2.75, 3.05) is 54.2 Å². The van der Waals surface area contributed by atoms with Gasteiger partial charge >= 0.3 is 0 Å². The lowest BCUT2D eigenvalue weighted by Gasteiger charge is -2.18. The van der Waals surface area contributed by atoms with Crippen LogP contribution in [-0.4, -0.2) is 75.8 Å². The monoisotopic (exact) mass is 1820 g/mol. The van der Waals surface area contributed by atoms with Crippen LogP contribution in [0.2, 0.25) is 60.3 Å². The van der Waals surface area contributed by atoms with Gasteiger partial charge in [0.05, 0.1) is 53.6 Å². The van der Waals surface area contributed by atoms with Crippen molar-refractivity contribution >= 4 is 225 Å². The number of aromatic nitrogens is 8. The fourth-order valence-corrected chi connectivity index (χ4v) is 13.8. The summed E-state index contributed by atoms with van der Waals surface area (Å²) >= 11 is 83.7. The third-order valence-corrected chi connectivity index (χ3v) is 20.2. The molecule has 0 aliphatic heterocycles. The molecule has 8 heterocycles. The molecule has 5 aromatic carbocycles. The van der Waals surface area contributed by atoms with Crippen molar-refractivity contribution in [1.29, 1.82) is 0 Å². The molecule has 596 valence electrons. The smallest absolute Gasteiger partial charge is 0.222 e. The van der Waals surface area contributed by atoms with E-state index in [1.54, 1.807) is 108 Å². The molecule has 1 atom stereocenters. The maximum atomic E-state index is 7.68. The van der Waals surface area contributed by atoms with Crippen LogP contribution in [0.5, 0.6) is 0 Å². The van der Waals surface area contributed by atoms with Crippen LogP contribution in [-0.2, 0) is 11.3 Å². The molecule has 115 heavy (non-hydrogen) atoms. The van der Waals surface area contributed by atoms with Gasteiger partial charge < -0.3 is 51.5 Å². The maximum absolute atomic E-state index is 7.68. The fraction of sp³-hybridized carbons (Fsp3) is 0.207. The lowest BCUT2D eigenvalue weighted by atomic mass is 10.00. The van der Waals surface area contributed by atoms with Crippen molar-refractivity contribution in [3.63, 3.8) is 0 Å². The normalized spacial score (nSPS) is 10.9. The van der Waals surface area contributed by atoms with Crippen LogP contribution < -0.4 is 33.6 Å². The van der Waals surface area contributed by atoms with Crippen molar-refractivity contribution in [2.24, 2.45) is 29.2 Å². The van der Waals surface area contributed by atoms with Gasteiger partial charge in [-0.2, -0.15) is 0 Å². The van der Waals surface area contributed by atoms with Crippen molar-refractivity contribution in [2.45, 2.75) is 60.6 Å². The zero-order valence-electron chi connectivity index (χ0n) is 62.5. The number of alkyl halides is 2. The number of nitrogen functional groups attached to an aromatic ring is 2. The van der Waals surface area contributed by atoms with Crippen molar-refractivity contribution < 1.29 is 4.74 Å². The van der Waals surface area contributed by atoms with Crippen LogP contribution in [0.15, 0.2) is 165 Å². The van der Waals surface area contributed by atoms with E-state index >= 15 is 0 Å². The van der Waals surface area contributed by atoms with E-state index < -0.39 is 0 Å². The first-order valence-electron chi connectivity index (χ1n) is 34.7. The number of nitrogens with one attached hydrogen (secondary N) is 2. The third kappa shape index (κ3) is 25.3. The molecule has 13 aromatic rings. The number of hydrogen-bond acceptors (Lipinski definition) is 12. The number of anilines is 4. The highest BCUT2D eigenvalue weighted by Crippen LogP contribution is 2.46. The average molecular weight is 1820 g/mol. The Bertz CT molecular complexity index is 5730. The predicted octanol–water partition coefficient (Wildman–Crippen LogP) is 27.7. The van der Waals surface area contributed by atoms with Gasteiger partial charge in [0.15, 0.2) is 11.3 Å². The summed E-state index contributed by atoms with van der Waals surface area (Å²) in [6.07, 6.45) is 19.4. The summed E-state index contributed by atoms with van der Waals surface area (Å²) in [4.78, 5) is 34.9. The molecule has 0 spiro atoms.